The molecule has 3 aromatic carbocycles. The van der Waals surface area contributed by atoms with Gasteiger partial charge in [0.05, 0.1) is 0 Å². The van der Waals surface area contributed by atoms with Crippen molar-refractivity contribution in [1.29, 1.82) is 0 Å². The summed E-state index contributed by atoms with van der Waals surface area (Å²) in [5, 5.41) is 0. The largest absolute Gasteiger partial charge is 0.459 e. The van der Waals surface area contributed by atoms with Gasteiger partial charge in [-0.25, -0.2) is 4.79 Å². The standard InChI is InChI=1S/C31H32O2/c1-3-5-21-6-16-29-26(18-21)20-27-19-25(13-17-30(27)29)24-9-7-22(8-10-24)23-11-14-28(15-12-23)33-31(32)4-2/h4,6-10,13,16-19,23,28H,2-3,5,11-12,14-15,20H2,1H3. The number of carbonyl (C=O) groups is 1. The van der Waals surface area contributed by atoms with Crippen LogP contribution in [0.1, 0.15) is 67.2 Å². The molecule has 2 aliphatic rings. The first-order valence-corrected chi connectivity index (χ1v) is 12.3. The molecule has 0 saturated heterocycles. The van der Waals surface area contributed by atoms with E-state index in [1.54, 1.807) is 0 Å². The van der Waals surface area contributed by atoms with Crippen molar-refractivity contribution in [2.45, 2.75) is 63.9 Å². The monoisotopic (exact) mass is 436 g/mol. The van der Waals surface area contributed by atoms with Gasteiger partial charge >= 0.3 is 5.97 Å². The summed E-state index contributed by atoms with van der Waals surface area (Å²) in [5.41, 5.74) is 11.1. The number of fused-ring (bicyclic) bond motifs is 3. The molecule has 1 saturated carbocycles. The van der Waals surface area contributed by atoms with E-state index in [1.807, 2.05) is 0 Å². The highest BCUT2D eigenvalue weighted by molar-refractivity contribution is 5.81. The molecule has 0 bridgehead atoms. The van der Waals surface area contributed by atoms with E-state index in [2.05, 4.69) is 74.2 Å². The Morgan fingerprint density at radius 2 is 1.58 bits per heavy atom. The van der Waals surface area contributed by atoms with Gasteiger partial charge in [-0.2, -0.15) is 0 Å². The van der Waals surface area contributed by atoms with Crippen molar-refractivity contribution in [3.63, 3.8) is 0 Å². The van der Waals surface area contributed by atoms with E-state index in [-0.39, 0.29) is 12.1 Å². The average molecular weight is 437 g/mol. The minimum absolute atomic E-state index is 0.0413. The van der Waals surface area contributed by atoms with Crippen LogP contribution in [0.15, 0.2) is 73.3 Å². The second-order valence-electron chi connectivity index (χ2n) is 9.53. The summed E-state index contributed by atoms with van der Waals surface area (Å²) in [5.74, 6) is 0.242. The number of ether oxygens (including phenoxy) is 1. The van der Waals surface area contributed by atoms with Gasteiger partial charge in [0.15, 0.2) is 0 Å². The molecule has 0 unspecified atom stereocenters. The van der Waals surface area contributed by atoms with Crippen molar-refractivity contribution < 1.29 is 9.53 Å². The van der Waals surface area contributed by atoms with Crippen LogP contribution in [0.25, 0.3) is 22.3 Å². The van der Waals surface area contributed by atoms with Gasteiger partial charge in [-0.15, -0.1) is 0 Å². The Morgan fingerprint density at radius 3 is 2.27 bits per heavy atom. The Morgan fingerprint density at radius 1 is 0.909 bits per heavy atom. The van der Waals surface area contributed by atoms with Gasteiger partial charge in [0.2, 0.25) is 0 Å². The molecule has 2 nitrogen and oxygen atoms in total. The summed E-state index contributed by atoms with van der Waals surface area (Å²) in [6.07, 6.45) is 8.66. The van der Waals surface area contributed by atoms with Gasteiger partial charge < -0.3 is 4.74 Å². The molecule has 0 aliphatic heterocycles. The van der Waals surface area contributed by atoms with Crippen molar-refractivity contribution >= 4 is 5.97 Å². The van der Waals surface area contributed by atoms with E-state index in [1.165, 1.54) is 57.0 Å². The first kappa shape index (κ1) is 21.7. The predicted octanol–water partition coefficient (Wildman–Crippen LogP) is 7.63. The van der Waals surface area contributed by atoms with Crippen molar-refractivity contribution in [3.8, 4) is 22.3 Å². The molecule has 5 rings (SSSR count). The maximum atomic E-state index is 11.4. The van der Waals surface area contributed by atoms with Crippen LogP contribution in [0.5, 0.6) is 0 Å². The van der Waals surface area contributed by atoms with Gasteiger partial charge in [0, 0.05) is 6.08 Å². The lowest BCUT2D eigenvalue weighted by Gasteiger charge is -2.28. The van der Waals surface area contributed by atoms with Crippen LogP contribution in [-0.4, -0.2) is 12.1 Å². The fourth-order valence-corrected chi connectivity index (χ4v) is 5.56. The second kappa shape index (κ2) is 9.39. The molecular formula is C31H32O2. The molecule has 0 aromatic heterocycles. The van der Waals surface area contributed by atoms with Gasteiger partial charge in [-0.05, 0) is 89.0 Å². The van der Waals surface area contributed by atoms with E-state index in [0.717, 1.165) is 38.5 Å². The van der Waals surface area contributed by atoms with Gasteiger partial charge in [-0.1, -0.05) is 80.6 Å². The summed E-state index contributed by atoms with van der Waals surface area (Å²) in [6.45, 7) is 5.73. The fourth-order valence-electron chi connectivity index (χ4n) is 5.56. The summed E-state index contributed by atoms with van der Waals surface area (Å²) in [4.78, 5) is 11.4. The van der Waals surface area contributed by atoms with E-state index in [4.69, 9.17) is 4.74 Å². The Hall–Kier alpha value is -3.13. The minimum atomic E-state index is -0.304. The van der Waals surface area contributed by atoms with Crippen LogP contribution in [0.3, 0.4) is 0 Å². The minimum Gasteiger partial charge on any atom is -0.459 e. The molecule has 3 aromatic rings. The average Bonchev–Trinajstić information content (AvgIpc) is 3.21. The molecule has 0 heterocycles. The highest BCUT2D eigenvalue weighted by atomic mass is 16.5. The molecule has 0 amide bonds. The number of hydrogen-bond acceptors (Lipinski definition) is 2. The highest BCUT2D eigenvalue weighted by Crippen LogP contribution is 2.40. The van der Waals surface area contributed by atoms with Gasteiger partial charge in [0.1, 0.15) is 6.10 Å². The Kier molecular flexibility index (Phi) is 6.17. The zero-order chi connectivity index (χ0) is 22.8. The first-order valence-electron chi connectivity index (χ1n) is 12.3. The van der Waals surface area contributed by atoms with Crippen LogP contribution in [0.2, 0.25) is 0 Å². The molecule has 0 radical (unpaired) electrons. The lowest BCUT2D eigenvalue weighted by atomic mass is 9.82. The topological polar surface area (TPSA) is 26.3 Å². The molecule has 0 spiro atoms. The summed E-state index contributed by atoms with van der Waals surface area (Å²) < 4.78 is 5.42. The second-order valence-corrected chi connectivity index (χ2v) is 9.53. The molecule has 0 N–H and O–H groups in total. The number of aryl methyl sites for hydroxylation is 1. The molecule has 2 aliphatic carbocycles. The van der Waals surface area contributed by atoms with Crippen LogP contribution in [0, 0.1) is 0 Å². The number of rotatable bonds is 6. The summed E-state index contributed by atoms with van der Waals surface area (Å²) in [7, 11) is 0. The smallest absolute Gasteiger partial charge is 0.330 e. The number of benzene rings is 3. The number of hydrogen-bond donors (Lipinski definition) is 0. The van der Waals surface area contributed by atoms with Crippen molar-refractivity contribution in [1.82, 2.24) is 0 Å². The molecule has 33 heavy (non-hydrogen) atoms. The van der Waals surface area contributed by atoms with E-state index in [9.17, 15) is 4.79 Å². The predicted molar refractivity (Wildman–Crippen MR) is 135 cm³/mol. The quantitative estimate of drug-likeness (QED) is 0.229. The van der Waals surface area contributed by atoms with Crippen LogP contribution < -0.4 is 0 Å². The number of carbonyl (C=O) groups excluding carboxylic acids is 1. The van der Waals surface area contributed by atoms with Crippen LogP contribution in [0.4, 0.5) is 0 Å². The zero-order valence-electron chi connectivity index (χ0n) is 19.5. The molecule has 168 valence electrons. The highest BCUT2D eigenvalue weighted by Gasteiger charge is 2.24. The first-order chi connectivity index (χ1) is 16.1. The van der Waals surface area contributed by atoms with Gasteiger partial charge in [0.25, 0.3) is 0 Å². The van der Waals surface area contributed by atoms with E-state index < -0.39 is 0 Å². The lowest BCUT2D eigenvalue weighted by molar-refractivity contribution is -0.144. The maximum absolute atomic E-state index is 11.4. The SMILES string of the molecule is C=CC(=O)OC1CCC(c2ccc(-c3ccc4c(c3)Cc3cc(CCC)ccc3-4)cc2)CC1. The molecule has 2 heteroatoms. The third-order valence-electron chi connectivity index (χ3n) is 7.32. The Balaban J connectivity index is 1.27. The van der Waals surface area contributed by atoms with Crippen LogP contribution in [-0.2, 0) is 22.4 Å². The third kappa shape index (κ3) is 4.53. The molecule has 0 atom stereocenters. The Labute approximate surface area is 197 Å². The maximum Gasteiger partial charge on any atom is 0.330 e. The van der Waals surface area contributed by atoms with Crippen LogP contribution >= 0.6 is 0 Å². The normalized spacial score (nSPS) is 18.9. The Bertz CT molecular complexity index is 1160. The lowest BCUT2D eigenvalue weighted by Crippen LogP contribution is -2.23. The van der Waals surface area contributed by atoms with Crippen molar-refractivity contribution in [2.75, 3.05) is 0 Å². The zero-order valence-corrected chi connectivity index (χ0v) is 19.5. The van der Waals surface area contributed by atoms with E-state index in [0.29, 0.717) is 5.92 Å². The van der Waals surface area contributed by atoms with E-state index >= 15 is 0 Å². The van der Waals surface area contributed by atoms with Crippen molar-refractivity contribution in [2.24, 2.45) is 0 Å². The van der Waals surface area contributed by atoms with Gasteiger partial charge in [-0.3, -0.25) is 0 Å². The summed E-state index contributed by atoms with van der Waals surface area (Å²) >= 11 is 0. The molecular weight excluding hydrogens is 404 g/mol. The third-order valence-corrected chi connectivity index (χ3v) is 7.32. The summed E-state index contributed by atoms with van der Waals surface area (Å²) in [6, 6.07) is 23.1. The van der Waals surface area contributed by atoms with Crippen molar-refractivity contribution in [3.05, 3.63) is 95.6 Å². The molecule has 1 fully saturated rings. The number of esters is 1. The fraction of sp³-hybridized carbons (Fsp3) is 0.323.